The summed E-state index contributed by atoms with van der Waals surface area (Å²) in [6, 6.07) is 14.7. The van der Waals surface area contributed by atoms with E-state index in [-0.39, 0.29) is 0 Å². The molecular weight excluding hydrogens is 264 g/mol. The van der Waals surface area contributed by atoms with Crippen LogP contribution in [0.5, 0.6) is 0 Å². The normalized spacial score (nSPS) is 12.3. The topological polar surface area (TPSA) is 61.7 Å². The summed E-state index contributed by atoms with van der Waals surface area (Å²) in [5.41, 5.74) is 6.07. The molecule has 0 aliphatic rings. The molecule has 4 heteroatoms. The molecule has 1 atom stereocenters. The fourth-order valence-corrected chi connectivity index (χ4v) is 1.98. The molecule has 0 aliphatic carbocycles. The standard InChI is InChI=1S/C17H18N2O2/c1-12-8-9-15(13(2)10-12)11-18-19-17(21)16(20)14-6-4-3-5-7-14/h3-11,16,20H,1-2H3,(H,19,21)/b18-11-/t16-/m0/s1. The molecule has 0 spiro atoms. The van der Waals surface area contributed by atoms with E-state index in [4.69, 9.17) is 0 Å². The van der Waals surface area contributed by atoms with Gasteiger partial charge in [0.15, 0.2) is 6.10 Å². The van der Waals surface area contributed by atoms with Gasteiger partial charge in [0.25, 0.3) is 5.91 Å². The number of benzene rings is 2. The molecular formula is C17H18N2O2. The molecule has 21 heavy (non-hydrogen) atoms. The van der Waals surface area contributed by atoms with Crippen molar-refractivity contribution >= 4 is 12.1 Å². The van der Waals surface area contributed by atoms with E-state index in [1.807, 2.05) is 38.1 Å². The number of rotatable bonds is 4. The van der Waals surface area contributed by atoms with Gasteiger partial charge >= 0.3 is 0 Å². The minimum absolute atomic E-state index is 0.539. The van der Waals surface area contributed by atoms with Crippen LogP contribution >= 0.6 is 0 Å². The molecule has 108 valence electrons. The van der Waals surface area contributed by atoms with Crippen LogP contribution in [0.15, 0.2) is 53.6 Å². The number of hydrogen-bond acceptors (Lipinski definition) is 3. The zero-order chi connectivity index (χ0) is 15.2. The smallest absolute Gasteiger partial charge is 0.273 e. The highest BCUT2D eigenvalue weighted by Crippen LogP contribution is 2.12. The molecule has 0 unspecified atom stereocenters. The molecule has 2 N–H and O–H groups in total. The second-order valence-electron chi connectivity index (χ2n) is 4.91. The van der Waals surface area contributed by atoms with E-state index in [0.717, 1.165) is 11.1 Å². The first-order chi connectivity index (χ1) is 10.1. The molecule has 0 aromatic heterocycles. The number of nitrogens with zero attached hydrogens (tertiary/aromatic N) is 1. The number of hydrazone groups is 1. The minimum atomic E-state index is -1.22. The molecule has 0 radical (unpaired) electrons. The average Bonchev–Trinajstić information content (AvgIpc) is 2.49. The number of nitrogens with one attached hydrogen (secondary N) is 1. The molecule has 0 saturated carbocycles. The van der Waals surface area contributed by atoms with Crippen LogP contribution in [0.1, 0.15) is 28.4 Å². The van der Waals surface area contributed by atoms with E-state index in [0.29, 0.717) is 5.56 Å². The summed E-state index contributed by atoms with van der Waals surface area (Å²) < 4.78 is 0. The summed E-state index contributed by atoms with van der Waals surface area (Å²) in [6.45, 7) is 4.00. The lowest BCUT2D eigenvalue weighted by Crippen LogP contribution is -2.25. The summed E-state index contributed by atoms with van der Waals surface area (Å²) in [6.07, 6.45) is 0.354. The van der Waals surface area contributed by atoms with Crippen molar-refractivity contribution in [3.63, 3.8) is 0 Å². The number of aryl methyl sites for hydroxylation is 2. The Bertz CT molecular complexity index is 651. The van der Waals surface area contributed by atoms with E-state index >= 15 is 0 Å². The molecule has 0 saturated heterocycles. The SMILES string of the molecule is Cc1ccc(/C=N\NC(=O)[C@@H](O)c2ccccc2)c(C)c1. The third-order valence-electron chi connectivity index (χ3n) is 3.17. The number of carbonyl (C=O) groups is 1. The third kappa shape index (κ3) is 4.00. The lowest BCUT2D eigenvalue weighted by atomic mass is 10.1. The molecule has 4 nitrogen and oxygen atoms in total. The van der Waals surface area contributed by atoms with E-state index < -0.39 is 12.0 Å². The van der Waals surface area contributed by atoms with Crippen LogP contribution in [0.4, 0.5) is 0 Å². The van der Waals surface area contributed by atoms with Gasteiger partial charge in [0.1, 0.15) is 0 Å². The van der Waals surface area contributed by atoms with Crippen molar-refractivity contribution in [2.24, 2.45) is 5.10 Å². The Morgan fingerprint density at radius 1 is 1.19 bits per heavy atom. The highest BCUT2D eigenvalue weighted by Gasteiger charge is 2.15. The molecule has 0 aliphatic heterocycles. The zero-order valence-corrected chi connectivity index (χ0v) is 12.1. The highest BCUT2D eigenvalue weighted by molar-refractivity contribution is 5.85. The molecule has 1 amide bonds. The fraction of sp³-hybridized carbons (Fsp3) is 0.176. The molecule has 0 fully saturated rings. The molecule has 2 rings (SSSR count). The maximum absolute atomic E-state index is 11.8. The second kappa shape index (κ2) is 6.81. The van der Waals surface area contributed by atoms with Crippen LogP contribution in [0, 0.1) is 13.8 Å². The molecule has 2 aromatic rings. The number of carbonyl (C=O) groups excluding carboxylic acids is 1. The number of aliphatic hydroxyl groups is 1. The van der Waals surface area contributed by atoms with Crippen molar-refractivity contribution in [1.29, 1.82) is 0 Å². The first-order valence-corrected chi connectivity index (χ1v) is 6.71. The first kappa shape index (κ1) is 14.9. The lowest BCUT2D eigenvalue weighted by Gasteiger charge is -2.08. The van der Waals surface area contributed by atoms with Crippen LogP contribution in [0.2, 0.25) is 0 Å². The predicted octanol–water partition coefficient (Wildman–Crippen LogP) is 2.49. The van der Waals surface area contributed by atoms with Gasteiger partial charge in [-0.1, -0.05) is 54.1 Å². The molecule has 2 aromatic carbocycles. The van der Waals surface area contributed by atoms with E-state index in [1.54, 1.807) is 30.5 Å². The fourth-order valence-electron chi connectivity index (χ4n) is 1.98. The van der Waals surface area contributed by atoms with Crippen LogP contribution in [-0.2, 0) is 4.79 Å². The largest absolute Gasteiger partial charge is 0.378 e. The van der Waals surface area contributed by atoms with Crippen LogP contribution in [-0.4, -0.2) is 17.2 Å². The Morgan fingerprint density at radius 3 is 2.57 bits per heavy atom. The number of amides is 1. The van der Waals surface area contributed by atoms with Gasteiger partial charge in [-0.3, -0.25) is 4.79 Å². The van der Waals surface area contributed by atoms with E-state index in [9.17, 15) is 9.90 Å². The van der Waals surface area contributed by atoms with Crippen molar-refractivity contribution in [3.8, 4) is 0 Å². The van der Waals surface area contributed by atoms with Crippen molar-refractivity contribution in [2.45, 2.75) is 20.0 Å². The van der Waals surface area contributed by atoms with Crippen molar-refractivity contribution in [1.82, 2.24) is 5.43 Å². The Kier molecular flexibility index (Phi) is 4.85. The van der Waals surface area contributed by atoms with Crippen molar-refractivity contribution in [2.75, 3.05) is 0 Å². The summed E-state index contributed by atoms with van der Waals surface area (Å²) in [4.78, 5) is 11.8. The van der Waals surface area contributed by atoms with Gasteiger partial charge < -0.3 is 5.11 Å². The summed E-state index contributed by atoms with van der Waals surface area (Å²) >= 11 is 0. The predicted molar refractivity (Wildman–Crippen MR) is 83.1 cm³/mol. The van der Waals surface area contributed by atoms with E-state index in [2.05, 4.69) is 10.5 Å². The lowest BCUT2D eigenvalue weighted by molar-refractivity contribution is -0.129. The Morgan fingerprint density at radius 2 is 1.90 bits per heavy atom. The Hall–Kier alpha value is -2.46. The van der Waals surface area contributed by atoms with Crippen LogP contribution < -0.4 is 5.43 Å². The quantitative estimate of drug-likeness (QED) is 0.668. The van der Waals surface area contributed by atoms with Gasteiger partial charge in [-0.2, -0.15) is 5.10 Å². The van der Waals surface area contributed by atoms with Gasteiger partial charge in [-0.05, 0) is 30.5 Å². The average molecular weight is 282 g/mol. The molecule has 0 bridgehead atoms. The summed E-state index contributed by atoms with van der Waals surface area (Å²) in [5.74, 6) is -0.554. The third-order valence-corrected chi connectivity index (χ3v) is 3.17. The van der Waals surface area contributed by atoms with Crippen LogP contribution in [0.25, 0.3) is 0 Å². The van der Waals surface area contributed by atoms with E-state index in [1.165, 1.54) is 5.56 Å². The maximum Gasteiger partial charge on any atom is 0.273 e. The van der Waals surface area contributed by atoms with Crippen molar-refractivity contribution in [3.05, 3.63) is 70.8 Å². The maximum atomic E-state index is 11.8. The van der Waals surface area contributed by atoms with Gasteiger partial charge in [-0.25, -0.2) is 5.43 Å². The van der Waals surface area contributed by atoms with Crippen LogP contribution in [0.3, 0.4) is 0 Å². The monoisotopic (exact) mass is 282 g/mol. The Balaban J connectivity index is 1.99. The minimum Gasteiger partial charge on any atom is -0.378 e. The van der Waals surface area contributed by atoms with Gasteiger partial charge in [-0.15, -0.1) is 0 Å². The number of aliphatic hydroxyl groups excluding tert-OH is 1. The zero-order valence-electron chi connectivity index (χ0n) is 12.1. The van der Waals surface area contributed by atoms with Gasteiger partial charge in [0.2, 0.25) is 0 Å². The summed E-state index contributed by atoms with van der Waals surface area (Å²) in [5, 5.41) is 13.8. The Labute approximate surface area is 124 Å². The molecule has 0 heterocycles. The van der Waals surface area contributed by atoms with Crippen molar-refractivity contribution < 1.29 is 9.90 Å². The highest BCUT2D eigenvalue weighted by atomic mass is 16.3. The number of hydrogen-bond donors (Lipinski definition) is 2. The van der Waals surface area contributed by atoms with Gasteiger partial charge in [0.05, 0.1) is 6.21 Å². The van der Waals surface area contributed by atoms with Gasteiger partial charge in [0, 0.05) is 0 Å². The summed E-state index contributed by atoms with van der Waals surface area (Å²) in [7, 11) is 0. The first-order valence-electron chi connectivity index (χ1n) is 6.71. The second-order valence-corrected chi connectivity index (χ2v) is 4.91.